The van der Waals surface area contributed by atoms with Crippen molar-refractivity contribution in [1.82, 2.24) is 5.32 Å². The SMILES string of the molecule is CCCCCCCCCCCCCCCCCCC/C=C/CCCC(O)C(O)C(CO)NC(=O)C(O)CCCCCCCCCCCCCCCCCCCCCCCCCCCC. The van der Waals surface area contributed by atoms with Crippen molar-refractivity contribution in [3.8, 4) is 0 Å². The van der Waals surface area contributed by atoms with Gasteiger partial charge in [-0.25, -0.2) is 0 Å². The van der Waals surface area contributed by atoms with Gasteiger partial charge in [-0.1, -0.05) is 296 Å². The van der Waals surface area contributed by atoms with Crippen LogP contribution in [0.15, 0.2) is 12.2 Å². The lowest BCUT2D eigenvalue weighted by atomic mass is 10.00. The molecular formula is C58H115NO5. The molecule has 0 bridgehead atoms. The molecule has 0 aliphatic carbocycles. The van der Waals surface area contributed by atoms with E-state index in [2.05, 4.69) is 31.3 Å². The van der Waals surface area contributed by atoms with Gasteiger partial charge in [-0.05, 0) is 38.5 Å². The van der Waals surface area contributed by atoms with E-state index in [1.54, 1.807) is 0 Å². The number of rotatable bonds is 54. The smallest absolute Gasteiger partial charge is 0.249 e. The zero-order valence-corrected chi connectivity index (χ0v) is 43.3. The van der Waals surface area contributed by atoms with Crippen LogP contribution in [0.5, 0.6) is 0 Å². The van der Waals surface area contributed by atoms with E-state index in [-0.39, 0.29) is 0 Å². The molecule has 0 aliphatic rings. The van der Waals surface area contributed by atoms with Crippen molar-refractivity contribution in [3.63, 3.8) is 0 Å². The van der Waals surface area contributed by atoms with Crippen LogP contribution in [0.4, 0.5) is 0 Å². The summed E-state index contributed by atoms with van der Waals surface area (Å²) in [6, 6.07) is -0.999. The summed E-state index contributed by atoms with van der Waals surface area (Å²) in [5, 5.41) is 44.0. The number of hydrogen-bond donors (Lipinski definition) is 5. The quantitative estimate of drug-likeness (QED) is 0.0308. The molecule has 5 N–H and O–H groups in total. The summed E-state index contributed by atoms with van der Waals surface area (Å²) in [4.78, 5) is 12.6. The number of aliphatic hydroxyl groups excluding tert-OH is 4. The van der Waals surface area contributed by atoms with Gasteiger partial charge in [0.2, 0.25) is 5.91 Å². The van der Waals surface area contributed by atoms with Crippen LogP contribution in [0.2, 0.25) is 0 Å². The maximum Gasteiger partial charge on any atom is 0.249 e. The second kappa shape index (κ2) is 53.0. The Bertz CT molecular complexity index is 928. The fraction of sp³-hybridized carbons (Fsp3) is 0.948. The van der Waals surface area contributed by atoms with Crippen LogP contribution < -0.4 is 5.32 Å². The predicted octanol–water partition coefficient (Wildman–Crippen LogP) is 16.9. The molecule has 382 valence electrons. The summed E-state index contributed by atoms with van der Waals surface area (Å²) >= 11 is 0. The second-order valence-corrected chi connectivity index (χ2v) is 20.3. The molecule has 1 amide bonds. The van der Waals surface area contributed by atoms with E-state index < -0.39 is 36.9 Å². The summed E-state index contributed by atoms with van der Waals surface area (Å²) in [5.41, 5.74) is 0. The maximum absolute atomic E-state index is 12.6. The topological polar surface area (TPSA) is 110 Å². The zero-order chi connectivity index (χ0) is 46.7. The van der Waals surface area contributed by atoms with Crippen molar-refractivity contribution >= 4 is 5.91 Å². The summed E-state index contributed by atoms with van der Waals surface area (Å²) in [6.45, 7) is 4.09. The highest BCUT2D eigenvalue weighted by Crippen LogP contribution is 2.18. The molecule has 0 fully saturated rings. The number of hydrogen-bond acceptors (Lipinski definition) is 5. The summed E-state index contributed by atoms with van der Waals surface area (Å²) in [7, 11) is 0. The molecule has 0 rings (SSSR count). The van der Waals surface area contributed by atoms with Crippen molar-refractivity contribution < 1.29 is 25.2 Å². The summed E-state index contributed by atoms with van der Waals surface area (Å²) in [6.07, 6.45) is 62.9. The van der Waals surface area contributed by atoms with E-state index in [1.165, 1.54) is 257 Å². The van der Waals surface area contributed by atoms with E-state index in [0.29, 0.717) is 12.8 Å². The van der Waals surface area contributed by atoms with Crippen LogP contribution in [-0.4, -0.2) is 57.3 Å². The summed E-state index contributed by atoms with van der Waals surface area (Å²) in [5.74, 6) is -0.586. The van der Waals surface area contributed by atoms with Gasteiger partial charge in [0, 0.05) is 0 Å². The van der Waals surface area contributed by atoms with Crippen LogP contribution in [-0.2, 0) is 4.79 Å². The standard InChI is InChI=1S/C58H115NO5/c1-3-5-7-9-11-13-15-17-19-21-23-25-27-28-29-30-32-34-36-38-40-42-44-46-48-50-52-56(62)58(64)59-54(53-60)57(63)55(61)51-49-47-45-43-41-39-37-35-33-31-26-24-22-20-18-16-14-12-10-8-6-4-2/h43,45,54-57,60-63H,3-42,44,46-53H2,1-2H3,(H,59,64)/b45-43+. The molecule has 6 nitrogen and oxygen atoms in total. The van der Waals surface area contributed by atoms with Gasteiger partial charge in [-0.2, -0.15) is 0 Å². The first-order chi connectivity index (χ1) is 31.5. The Kier molecular flexibility index (Phi) is 52.2. The van der Waals surface area contributed by atoms with Crippen molar-refractivity contribution in [2.45, 2.75) is 346 Å². The molecule has 64 heavy (non-hydrogen) atoms. The first kappa shape index (κ1) is 63.0. The molecule has 6 heteroatoms. The van der Waals surface area contributed by atoms with Crippen molar-refractivity contribution in [2.75, 3.05) is 6.61 Å². The highest BCUT2D eigenvalue weighted by Gasteiger charge is 2.28. The van der Waals surface area contributed by atoms with Gasteiger partial charge >= 0.3 is 0 Å². The Morgan fingerprint density at radius 1 is 0.375 bits per heavy atom. The molecule has 0 aromatic rings. The van der Waals surface area contributed by atoms with Crippen LogP contribution in [0.25, 0.3) is 0 Å². The van der Waals surface area contributed by atoms with Crippen LogP contribution in [0.1, 0.15) is 322 Å². The normalized spacial score (nSPS) is 13.8. The van der Waals surface area contributed by atoms with Crippen LogP contribution in [0, 0.1) is 0 Å². The number of carbonyl (C=O) groups is 1. The first-order valence-corrected chi connectivity index (χ1v) is 29.1. The fourth-order valence-electron chi connectivity index (χ4n) is 9.41. The summed E-state index contributed by atoms with van der Waals surface area (Å²) < 4.78 is 0. The van der Waals surface area contributed by atoms with Gasteiger partial charge in [0.15, 0.2) is 0 Å². The second-order valence-electron chi connectivity index (χ2n) is 20.3. The highest BCUT2D eigenvalue weighted by molar-refractivity contribution is 5.80. The number of aliphatic hydroxyl groups is 4. The Hall–Kier alpha value is -0.950. The molecule has 4 atom stereocenters. The van der Waals surface area contributed by atoms with Crippen LogP contribution >= 0.6 is 0 Å². The van der Waals surface area contributed by atoms with E-state index >= 15 is 0 Å². The van der Waals surface area contributed by atoms with E-state index in [4.69, 9.17) is 0 Å². The molecule has 0 saturated carbocycles. The molecule has 4 unspecified atom stereocenters. The van der Waals surface area contributed by atoms with Crippen molar-refractivity contribution in [2.24, 2.45) is 0 Å². The molecule has 0 heterocycles. The third-order valence-electron chi connectivity index (χ3n) is 14.0. The number of allylic oxidation sites excluding steroid dienone is 2. The fourth-order valence-corrected chi connectivity index (χ4v) is 9.41. The number of carbonyl (C=O) groups excluding carboxylic acids is 1. The van der Waals surface area contributed by atoms with Gasteiger partial charge in [0.1, 0.15) is 12.2 Å². The number of amides is 1. The van der Waals surface area contributed by atoms with Crippen LogP contribution in [0.3, 0.4) is 0 Å². The maximum atomic E-state index is 12.6. The van der Waals surface area contributed by atoms with Gasteiger partial charge < -0.3 is 25.7 Å². The van der Waals surface area contributed by atoms with E-state index in [9.17, 15) is 25.2 Å². The van der Waals surface area contributed by atoms with Gasteiger partial charge in [-0.3, -0.25) is 4.79 Å². The Morgan fingerprint density at radius 3 is 0.938 bits per heavy atom. The lowest BCUT2D eigenvalue weighted by molar-refractivity contribution is -0.132. The Balaban J connectivity index is 3.61. The third-order valence-corrected chi connectivity index (χ3v) is 14.0. The van der Waals surface area contributed by atoms with Crippen molar-refractivity contribution in [1.29, 1.82) is 0 Å². The Morgan fingerprint density at radius 2 is 0.641 bits per heavy atom. The largest absolute Gasteiger partial charge is 0.394 e. The molecule has 0 spiro atoms. The number of nitrogens with one attached hydrogen (secondary N) is 1. The minimum Gasteiger partial charge on any atom is -0.394 e. The average Bonchev–Trinajstić information content (AvgIpc) is 3.30. The number of unbranched alkanes of at least 4 members (excludes halogenated alkanes) is 43. The molecule has 0 saturated heterocycles. The molecule has 0 aromatic heterocycles. The lowest BCUT2D eigenvalue weighted by Crippen LogP contribution is -2.53. The first-order valence-electron chi connectivity index (χ1n) is 29.1. The minimum atomic E-state index is -1.28. The molecule has 0 radical (unpaired) electrons. The average molecular weight is 907 g/mol. The van der Waals surface area contributed by atoms with Crippen molar-refractivity contribution in [3.05, 3.63) is 12.2 Å². The molecular weight excluding hydrogens is 791 g/mol. The Labute approximate surface area is 400 Å². The monoisotopic (exact) mass is 906 g/mol. The predicted molar refractivity (Wildman–Crippen MR) is 279 cm³/mol. The van der Waals surface area contributed by atoms with Gasteiger partial charge in [-0.15, -0.1) is 0 Å². The third kappa shape index (κ3) is 46.2. The minimum absolute atomic E-state index is 0.369. The van der Waals surface area contributed by atoms with Gasteiger partial charge in [0.05, 0.1) is 18.8 Å². The molecule has 0 aliphatic heterocycles. The molecule has 0 aromatic carbocycles. The van der Waals surface area contributed by atoms with E-state index in [1.807, 2.05) is 0 Å². The lowest BCUT2D eigenvalue weighted by Gasteiger charge is -2.27. The van der Waals surface area contributed by atoms with Gasteiger partial charge in [0.25, 0.3) is 0 Å². The van der Waals surface area contributed by atoms with E-state index in [0.717, 1.165) is 38.5 Å². The highest BCUT2D eigenvalue weighted by atomic mass is 16.3. The zero-order valence-electron chi connectivity index (χ0n) is 43.3.